The Kier molecular flexibility index (Phi) is 2.59. The first-order valence-corrected chi connectivity index (χ1v) is 5.79. The van der Waals surface area contributed by atoms with Crippen LogP contribution in [0.5, 0.6) is 0 Å². The van der Waals surface area contributed by atoms with Gasteiger partial charge in [-0.3, -0.25) is 0 Å². The summed E-state index contributed by atoms with van der Waals surface area (Å²) in [6, 6.07) is 6.44. The van der Waals surface area contributed by atoms with Gasteiger partial charge in [0.1, 0.15) is 0 Å². The van der Waals surface area contributed by atoms with Crippen molar-refractivity contribution in [3.63, 3.8) is 0 Å². The second-order valence-corrected chi connectivity index (χ2v) is 5.40. The van der Waals surface area contributed by atoms with Gasteiger partial charge in [0.25, 0.3) is 0 Å². The first kappa shape index (κ1) is 10.7. The molecule has 1 aliphatic carbocycles. The number of aliphatic hydroxyl groups excluding tert-OH is 1. The fourth-order valence-corrected chi connectivity index (χ4v) is 2.60. The van der Waals surface area contributed by atoms with E-state index in [-0.39, 0.29) is 6.61 Å². The molecule has 1 aromatic rings. The molecule has 0 heterocycles. The third-order valence-electron chi connectivity index (χ3n) is 3.76. The molecule has 0 fully saturated rings. The third kappa shape index (κ3) is 1.81. The van der Waals surface area contributed by atoms with Gasteiger partial charge in [-0.15, -0.1) is 0 Å². The Morgan fingerprint density at radius 2 is 2.13 bits per heavy atom. The molecule has 0 amide bonds. The average Bonchev–Trinajstić information content (AvgIpc) is 2.23. The van der Waals surface area contributed by atoms with E-state index in [1.165, 1.54) is 24.0 Å². The van der Waals surface area contributed by atoms with E-state index in [0.29, 0.717) is 11.3 Å². The van der Waals surface area contributed by atoms with Crippen molar-refractivity contribution in [1.29, 1.82) is 0 Å². The van der Waals surface area contributed by atoms with E-state index < -0.39 is 0 Å². The van der Waals surface area contributed by atoms with Gasteiger partial charge in [-0.25, -0.2) is 0 Å². The summed E-state index contributed by atoms with van der Waals surface area (Å²) in [5.41, 5.74) is 4.25. The van der Waals surface area contributed by atoms with E-state index in [2.05, 4.69) is 39.0 Å². The molecule has 82 valence electrons. The Bertz CT molecular complexity index is 366. The Morgan fingerprint density at radius 1 is 1.40 bits per heavy atom. The lowest BCUT2D eigenvalue weighted by Crippen LogP contribution is -2.25. The summed E-state index contributed by atoms with van der Waals surface area (Å²) in [6.45, 7) is 7.07. The van der Waals surface area contributed by atoms with E-state index in [9.17, 15) is 0 Å². The van der Waals surface area contributed by atoms with Crippen molar-refractivity contribution < 1.29 is 5.11 Å². The van der Waals surface area contributed by atoms with Crippen molar-refractivity contribution in [3.05, 3.63) is 34.9 Å². The maximum absolute atomic E-state index is 9.16. The first-order chi connectivity index (χ1) is 7.04. The monoisotopic (exact) mass is 204 g/mol. The molecule has 0 saturated heterocycles. The summed E-state index contributed by atoms with van der Waals surface area (Å²) in [5, 5.41) is 9.16. The predicted octanol–water partition coefficient (Wildman–Crippen LogP) is 3.35. The van der Waals surface area contributed by atoms with Crippen LogP contribution in [0.4, 0.5) is 0 Å². The molecule has 15 heavy (non-hydrogen) atoms. The molecule has 1 heteroatoms. The van der Waals surface area contributed by atoms with Crippen LogP contribution in [0, 0.1) is 0 Å². The lowest BCUT2D eigenvalue weighted by Gasteiger charge is -2.36. The van der Waals surface area contributed by atoms with Crippen LogP contribution in [0.2, 0.25) is 0 Å². The predicted molar refractivity (Wildman–Crippen MR) is 63.0 cm³/mol. The van der Waals surface area contributed by atoms with Crippen LogP contribution < -0.4 is 0 Å². The Morgan fingerprint density at radius 3 is 2.80 bits per heavy atom. The summed E-state index contributed by atoms with van der Waals surface area (Å²) >= 11 is 0. The van der Waals surface area contributed by atoms with E-state index in [1.54, 1.807) is 0 Å². The Balaban J connectivity index is 2.52. The molecular formula is C14H20O. The molecule has 1 nitrogen and oxygen atoms in total. The van der Waals surface area contributed by atoms with E-state index in [1.807, 2.05) is 0 Å². The molecule has 1 atom stereocenters. The van der Waals surface area contributed by atoms with Crippen LogP contribution in [-0.2, 0) is 12.0 Å². The second-order valence-electron chi connectivity index (χ2n) is 5.40. The summed E-state index contributed by atoms with van der Waals surface area (Å²) in [5.74, 6) is 0.638. The molecule has 0 bridgehead atoms. The zero-order chi connectivity index (χ0) is 11.1. The van der Waals surface area contributed by atoms with Crippen molar-refractivity contribution in [2.45, 2.75) is 51.6 Å². The summed E-state index contributed by atoms with van der Waals surface area (Å²) < 4.78 is 0. The first-order valence-electron chi connectivity index (χ1n) is 5.79. The number of hydrogen-bond donors (Lipinski definition) is 1. The average molecular weight is 204 g/mol. The summed E-state index contributed by atoms with van der Waals surface area (Å²) in [4.78, 5) is 0. The molecule has 1 unspecified atom stereocenters. The van der Waals surface area contributed by atoms with Gasteiger partial charge in [-0.2, -0.15) is 0 Å². The molecule has 0 spiro atoms. The number of rotatable bonds is 1. The highest BCUT2D eigenvalue weighted by Crippen LogP contribution is 2.42. The second kappa shape index (κ2) is 3.64. The Hall–Kier alpha value is -0.820. The van der Waals surface area contributed by atoms with E-state index >= 15 is 0 Å². The zero-order valence-corrected chi connectivity index (χ0v) is 9.88. The largest absolute Gasteiger partial charge is 0.392 e. The van der Waals surface area contributed by atoms with Gasteiger partial charge < -0.3 is 5.11 Å². The smallest absolute Gasteiger partial charge is 0.0681 e. The zero-order valence-electron chi connectivity index (χ0n) is 9.88. The highest BCUT2D eigenvalue weighted by Gasteiger charge is 2.30. The van der Waals surface area contributed by atoms with E-state index in [4.69, 9.17) is 5.11 Å². The van der Waals surface area contributed by atoms with Crippen molar-refractivity contribution in [2.24, 2.45) is 0 Å². The summed E-state index contributed by atoms with van der Waals surface area (Å²) in [7, 11) is 0. The van der Waals surface area contributed by atoms with Crippen molar-refractivity contribution in [3.8, 4) is 0 Å². The Labute approximate surface area is 92.1 Å². The number of benzene rings is 1. The van der Waals surface area contributed by atoms with Gasteiger partial charge in [-0.1, -0.05) is 39.0 Å². The van der Waals surface area contributed by atoms with Crippen LogP contribution in [0.25, 0.3) is 0 Å². The van der Waals surface area contributed by atoms with Crippen molar-refractivity contribution in [1.82, 2.24) is 0 Å². The van der Waals surface area contributed by atoms with Crippen LogP contribution >= 0.6 is 0 Å². The van der Waals surface area contributed by atoms with Crippen LogP contribution in [0.3, 0.4) is 0 Å². The van der Waals surface area contributed by atoms with Gasteiger partial charge in [-0.05, 0) is 40.9 Å². The minimum absolute atomic E-state index is 0.153. The standard InChI is InChI=1S/C14H20O/c1-10-6-7-14(2,3)13-5-4-11(9-15)8-12(10)13/h4-5,8,10,15H,6-7,9H2,1-3H3. The molecule has 0 saturated carbocycles. The SMILES string of the molecule is CC1CCC(C)(C)c2ccc(CO)cc21. The molecule has 1 aliphatic rings. The highest BCUT2D eigenvalue weighted by atomic mass is 16.3. The fraction of sp³-hybridized carbons (Fsp3) is 0.571. The molecule has 2 rings (SSSR count). The number of fused-ring (bicyclic) bond motifs is 1. The van der Waals surface area contributed by atoms with Gasteiger partial charge >= 0.3 is 0 Å². The minimum atomic E-state index is 0.153. The lowest BCUT2D eigenvalue weighted by molar-refractivity contribution is 0.281. The quantitative estimate of drug-likeness (QED) is 0.743. The fourth-order valence-electron chi connectivity index (χ4n) is 2.60. The van der Waals surface area contributed by atoms with Gasteiger partial charge in [0.15, 0.2) is 0 Å². The number of hydrogen-bond acceptors (Lipinski definition) is 1. The molecule has 1 N–H and O–H groups in total. The van der Waals surface area contributed by atoms with Crippen LogP contribution in [0.15, 0.2) is 18.2 Å². The van der Waals surface area contributed by atoms with Crippen molar-refractivity contribution in [2.75, 3.05) is 0 Å². The lowest BCUT2D eigenvalue weighted by atomic mass is 9.69. The normalized spacial score (nSPS) is 23.6. The van der Waals surface area contributed by atoms with Gasteiger partial charge in [0.2, 0.25) is 0 Å². The van der Waals surface area contributed by atoms with Crippen LogP contribution in [0.1, 0.15) is 56.2 Å². The molecular weight excluding hydrogens is 184 g/mol. The molecule has 0 aromatic heterocycles. The maximum Gasteiger partial charge on any atom is 0.0681 e. The topological polar surface area (TPSA) is 20.2 Å². The van der Waals surface area contributed by atoms with Gasteiger partial charge in [0, 0.05) is 0 Å². The van der Waals surface area contributed by atoms with Gasteiger partial charge in [0.05, 0.1) is 6.61 Å². The highest BCUT2D eigenvalue weighted by molar-refractivity contribution is 5.40. The molecule has 1 aromatic carbocycles. The van der Waals surface area contributed by atoms with Crippen molar-refractivity contribution >= 4 is 0 Å². The maximum atomic E-state index is 9.16. The third-order valence-corrected chi connectivity index (χ3v) is 3.76. The van der Waals surface area contributed by atoms with E-state index in [0.717, 1.165) is 5.56 Å². The minimum Gasteiger partial charge on any atom is -0.392 e. The van der Waals surface area contributed by atoms with Crippen LogP contribution in [-0.4, -0.2) is 5.11 Å². The summed E-state index contributed by atoms with van der Waals surface area (Å²) in [6.07, 6.45) is 2.52. The molecule has 0 aliphatic heterocycles. The number of aliphatic hydroxyl groups is 1. The molecule has 0 radical (unpaired) electrons.